The first-order valence-corrected chi connectivity index (χ1v) is 11.1. The third-order valence-electron chi connectivity index (χ3n) is 5.39. The molecule has 0 saturated carbocycles. The fraction of sp³-hybridized carbons (Fsp3) is 0.423. The van der Waals surface area contributed by atoms with E-state index in [0.29, 0.717) is 17.7 Å². The van der Waals surface area contributed by atoms with Gasteiger partial charge in [-0.1, -0.05) is 43.7 Å². The second-order valence-corrected chi connectivity index (χ2v) is 9.38. The van der Waals surface area contributed by atoms with E-state index in [1.165, 1.54) is 0 Å². The van der Waals surface area contributed by atoms with E-state index in [1.54, 1.807) is 52.0 Å². The summed E-state index contributed by atoms with van der Waals surface area (Å²) in [5.41, 5.74) is -0.228. The molecular weight excluding hydrogens is 422 g/mol. The zero-order chi connectivity index (χ0) is 24.2. The van der Waals surface area contributed by atoms with Gasteiger partial charge in [0.2, 0.25) is 5.91 Å². The van der Waals surface area contributed by atoms with Crippen LogP contribution in [0.2, 0.25) is 0 Å². The summed E-state index contributed by atoms with van der Waals surface area (Å²) >= 11 is 0. The van der Waals surface area contributed by atoms with E-state index >= 15 is 0 Å². The smallest absolute Gasteiger partial charge is 0.419 e. The summed E-state index contributed by atoms with van der Waals surface area (Å²) in [6.07, 6.45) is -0.227. The molecule has 3 rings (SSSR count). The first-order valence-electron chi connectivity index (χ1n) is 11.1. The van der Waals surface area contributed by atoms with Gasteiger partial charge in [-0.15, -0.1) is 0 Å². The molecule has 0 bridgehead atoms. The number of nitrogens with zero attached hydrogens (tertiary/aromatic N) is 1. The molecule has 0 spiro atoms. The van der Waals surface area contributed by atoms with Gasteiger partial charge in [0.25, 0.3) is 0 Å². The zero-order valence-electron chi connectivity index (χ0n) is 19.8. The maximum absolute atomic E-state index is 12.9. The Balaban J connectivity index is 1.72. The fourth-order valence-corrected chi connectivity index (χ4v) is 3.74. The number of hydrogen-bond acceptors (Lipinski definition) is 6. The zero-order valence-corrected chi connectivity index (χ0v) is 19.8. The van der Waals surface area contributed by atoms with Gasteiger partial charge in [0, 0.05) is 0 Å². The molecule has 0 unspecified atom stereocenters. The summed E-state index contributed by atoms with van der Waals surface area (Å²) < 4.78 is 16.8. The molecule has 176 valence electrons. The summed E-state index contributed by atoms with van der Waals surface area (Å²) in [5, 5.41) is 0. The SMILES string of the molecule is CCC[C@]1(C)C(=O)N(C(=O)OCc2ccccc2)[C@H]1Oc1ccc(C(=O)OC(C)(C)C)cc1. The van der Waals surface area contributed by atoms with Crippen LogP contribution in [0.25, 0.3) is 0 Å². The van der Waals surface area contributed by atoms with E-state index in [4.69, 9.17) is 14.2 Å². The molecule has 0 aromatic heterocycles. The van der Waals surface area contributed by atoms with Gasteiger partial charge in [0.1, 0.15) is 23.4 Å². The molecule has 0 N–H and O–H groups in total. The molecule has 2 aromatic carbocycles. The Bertz CT molecular complexity index is 996. The molecule has 1 aliphatic heterocycles. The lowest BCUT2D eigenvalue weighted by molar-refractivity contribution is -0.191. The molecule has 7 nitrogen and oxygen atoms in total. The Morgan fingerprint density at radius 1 is 1.03 bits per heavy atom. The number of ether oxygens (including phenoxy) is 3. The number of imide groups is 1. The third-order valence-corrected chi connectivity index (χ3v) is 5.39. The van der Waals surface area contributed by atoms with E-state index in [1.807, 2.05) is 37.3 Å². The van der Waals surface area contributed by atoms with Crippen molar-refractivity contribution in [1.82, 2.24) is 4.90 Å². The van der Waals surface area contributed by atoms with Gasteiger partial charge < -0.3 is 14.2 Å². The third kappa shape index (κ3) is 5.53. The minimum Gasteiger partial charge on any atom is -0.469 e. The van der Waals surface area contributed by atoms with Crippen LogP contribution < -0.4 is 4.74 Å². The Labute approximate surface area is 194 Å². The number of hydrogen-bond donors (Lipinski definition) is 0. The van der Waals surface area contributed by atoms with Gasteiger partial charge in [0.15, 0.2) is 6.23 Å². The molecular formula is C26H31NO6. The van der Waals surface area contributed by atoms with E-state index in [-0.39, 0.29) is 12.5 Å². The van der Waals surface area contributed by atoms with Crippen LogP contribution in [0.15, 0.2) is 54.6 Å². The van der Waals surface area contributed by atoms with Crippen LogP contribution in [0.3, 0.4) is 0 Å². The maximum Gasteiger partial charge on any atom is 0.419 e. The van der Waals surface area contributed by atoms with Gasteiger partial charge in [-0.05, 0) is 63.9 Å². The molecule has 1 fully saturated rings. The predicted octanol–water partition coefficient (Wildman–Crippen LogP) is 5.33. The summed E-state index contributed by atoms with van der Waals surface area (Å²) in [6.45, 7) is 9.23. The normalized spacial score (nSPS) is 20.1. The van der Waals surface area contributed by atoms with Crippen molar-refractivity contribution >= 4 is 18.0 Å². The average molecular weight is 454 g/mol. The highest BCUT2D eigenvalue weighted by atomic mass is 16.6. The van der Waals surface area contributed by atoms with Crippen molar-refractivity contribution in [2.24, 2.45) is 5.41 Å². The van der Waals surface area contributed by atoms with Gasteiger partial charge >= 0.3 is 12.1 Å². The Morgan fingerprint density at radius 3 is 2.24 bits per heavy atom. The number of esters is 1. The lowest BCUT2D eigenvalue weighted by Crippen LogP contribution is -2.71. The van der Waals surface area contributed by atoms with E-state index in [9.17, 15) is 14.4 Å². The molecule has 2 atom stereocenters. The number of benzene rings is 2. The van der Waals surface area contributed by atoms with Crippen molar-refractivity contribution in [3.63, 3.8) is 0 Å². The van der Waals surface area contributed by atoms with Crippen LogP contribution in [0.4, 0.5) is 4.79 Å². The highest BCUT2D eigenvalue weighted by Gasteiger charge is 2.62. The van der Waals surface area contributed by atoms with E-state index in [0.717, 1.165) is 16.9 Å². The topological polar surface area (TPSA) is 82.1 Å². The first kappa shape index (κ1) is 24.3. The van der Waals surface area contributed by atoms with Crippen LogP contribution in [0.1, 0.15) is 63.4 Å². The Hall–Kier alpha value is -3.35. The largest absolute Gasteiger partial charge is 0.469 e. The van der Waals surface area contributed by atoms with Crippen molar-refractivity contribution in [1.29, 1.82) is 0 Å². The van der Waals surface area contributed by atoms with Crippen molar-refractivity contribution in [2.45, 2.75) is 65.9 Å². The van der Waals surface area contributed by atoms with Crippen molar-refractivity contribution in [3.8, 4) is 5.75 Å². The maximum atomic E-state index is 12.9. The lowest BCUT2D eigenvalue weighted by Gasteiger charge is -2.51. The number of carbonyl (C=O) groups excluding carboxylic acids is 3. The average Bonchev–Trinajstić information content (AvgIpc) is 2.77. The molecule has 1 heterocycles. The number of carbonyl (C=O) groups is 3. The second kappa shape index (κ2) is 9.65. The molecule has 2 amide bonds. The molecule has 2 aromatic rings. The quantitative estimate of drug-likeness (QED) is 0.416. The first-order chi connectivity index (χ1) is 15.5. The molecule has 0 radical (unpaired) electrons. The fourth-order valence-electron chi connectivity index (χ4n) is 3.74. The van der Waals surface area contributed by atoms with Crippen LogP contribution in [-0.2, 0) is 20.9 Å². The van der Waals surface area contributed by atoms with Crippen LogP contribution in [-0.4, -0.2) is 34.7 Å². The number of β-lactam (4-membered cyclic amide) rings is 1. The molecule has 0 aliphatic carbocycles. The molecule has 7 heteroatoms. The summed E-state index contributed by atoms with van der Waals surface area (Å²) in [5.74, 6) is -0.324. The van der Waals surface area contributed by atoms with Gasteiger partial charge in [0.05, 0.1) is 5.56 Å². The van der Waals surface area contributed by atoms with Crippen LogP contribution in [0.5, 0.6) is 5.75 Å². The van der Waals surface area contributed by atoms with E-state index in [2.05, 4.69) is 0 Å². The van der Waals surface area contributed by atoms with Crippen LogP contribution in [0, 0.1) is 5.41 Å². The highest BCUT2D eigenvalue weighted by Crippen LogP contribution is 2.44. The molecule has 1 saturated heterocycles. The van der Waals surface area contributed by atoms with Crippen molar-refractivity contribution < 1.29 is 28.6 Å². The molecule has 1 aliphatic rings. The van der Waals surface area contributed by atoms with Gasteiger partial charge in [-0.3, -0.25) is 4.79 Å². The number of amides is 2. The lowest BCUT2D eigenvalue weighted by atomic mass is 9.75. The van der Waals surface area contributed by atoms with Crippen molar-refractivity contribution in [3.05, 3.63) is 65.7 Å². The number of rotatable bonds is 7. The minimum absolute atomic E-state index is 0.0608. The Morgan fingerprint density at radius 2 is 1.67 bits per heavy atom. The Kier molecular flexibility index (Phi) is 7.10. The highest BCUT2D eigenvalue weighted by molar-refractivity contribution is 6.01. The predicted molar refractivity (Wildman–Crippen MR) is 123 cm³/mol. The van der Waals surface area contributed by atoms with E-state index < -0.39 is 29.3 Å². The molecule has 33 heavy (non-hydrogen) atoms. The minimum atomic E-state index is -0.843. The van der Waals surface area contributed by atoms with Crippen molar-refractivity contribution in [2.75, 3.05) is 0 Å². The standard InChI is InChI=1S/C26H31NO6/c1-6-16-26(5)22(29)27(24(30)31-17-18-10-8-7-9-11-18)23(26)32-20-14-12-19(13-15-20)21(28)33-25(2,3)4/h7-15,23H,6,16-17H2,1-5H3/t23-,26+/m0/s1. The van der Waals surface area contributed by atoms with Gasteiger partial charge in [-0.25, -0.2) is 14.5 Å². The summed E-state index contributed by atoms with van der Waals surface area (Å²) in [4.78, 5) is 38.9. The monoisotopic (exact) mass is 453 g/mol. The summed E-state index contributed by atoms with van der Waals surface area (Å²) in [7, 11) is 0. The van der Waals surface area contributed by atoms with Gasteiger partial charge in [-0.2, -0.15) is 0 Å². The number of likely N-dealkylation sites (tertiary alicyclic amines) is 1. The summed E-state index contributed by atoms with van der Waals surface area (Å²) in [6, 6.07) is 15.7. The van der Waals surface area contributed by atoms with Crippen LogP contribution >= 0.6 is 0 Å². The second-order valence-electron chi connectivity index (χ2n) is 9.38.